The molecule has 2 heterocycles. The monoisotopic (exact) mass is 294 g/mol. The van der Waals surface area contributed by atoms with Crippen LogP contribution < -0.4 is 11.0 Å². The van der Waals surface area contributed by atoms with E-state index in [0.29, 0.717) is 11.6 Å². The van der Waals surface area contributed by atoms with Crippen LogP contribution in [0.15, 0.2) is 48.8 Å². The lowest BCUT2D eigenvalue weighted by atomic mass is 9.97. The minimum atomic E-state index is 0.539. The van der Waals surface area contributed by atoms with Crippen LogP contribution in [0.5, 0.6) is 0 Å². The molecule has 2 aromatic carbocycles. The molecule has 110 valence electrons. The van der Waals surface area contributed by atoms with Gasteiger partial charge in [-0.05, 0) is 11.1 Å². The summed E-state index contributed by atoms with van der Waals surface area (Å²) >= 11 is 0. The second kappa shape index (κ2) is 4.80. The molecule has 0 radical (unpaired) electrons. The Bertz CT molecular complexity index is 891. The highest BCUT2D eigenvalue weighted by molar-refractivity contribution is 6.12. The normalized spacial score (nSPS) is 11.2. The molecule has 6 N–H and O–H groups in total. The lowest BCUT2D eigenvalue weighted by Gasteiger charge is -2.09. The van der Waals surface area contributed by atoms with Gasteiger partial charge < -0.3 is 9.97 Å². The van der Waals surface area contributed by atoms with Gasteiger partial charge in [-0.1, -0.05) is 36.4 Å². The van der Waals surface area contributed by atoms with Crippen LogP contribution in [0.25, 0.3) is 32.7 Å². The molecule has 0 spiro atoms. The van der Waals surface area contributed by atoms with Gasteiger partial charge in [0.05, 0.1) is 0 Å². The van der Waals surface area contributed by atoms with Gasteiger partial charge in [0, 0.05) is 33.9 Å². The first-order valence-corrected chi connectivity index (χ1v) is 6.84. The molecule has 0 bridgehead atoms. The largest absolute Gasteiger partial charge is 0.346 e. The third-order valence-corrected chi connectivity index (χ3v) is 3.95. The van der Waals surface area contributed by atoms with E-state index in [1.54, 1.807) is 0 Å². The van der Waals surface area contributed by atoms with Crippen LogP contribution in [0.2, 0.25) is 0 Å². The Hall–Kier alpha value is -2.96. The molecule has 0 atom stereocenters. The van der Waals surface area contributed by atoms with Gasteiger partial charge in [-0.15, -0.1) is 0 Å². The molecule has 6 heteroatoms. The number of benzene rings is 2. The van der Waals surface area contributed by atoms with E-state index >= 15 is 0 Å². The van der Waals surface area contributed by atoms with Crippen LogP contribution in [0.3, 0.4) is 0 Å². The Labute approximate surface area is 125 Å². The zero-order valence-electron chi connectivity index (χ0n) is 11.5. The molecule has 0 unspecified atom stereocenters. The summed E-state index contributed by atoms with van der Waals surface area (Å²) in [6, 6.07) is 11.8. The zero-order valence-corrected chi connectivity index (χ0v) is 11.5. The van der Waals surface area contributed by atoms with Crippen LogP contribution in [0.1, 0.15) is 0 Å². The highest BCUT2D eigenvalue weighted by atomic mass is 16.5. The van der Waals surface area contributed by atoms with E-state index < -0.39 is 0 Å². The highest BCUT2D eigenvalue weighted by Crippen LogP contribution is 2.39. The van der Waals surface area contributed by atoms with Crippen molar-refractivity contribution in [2.75, 3.05) is 11.0 Å². The smallest absolute Gasteiger partial charge is 0.135 e. The molecule has 0 aliphatic heterocycles. The number of hydrogen-bond acceptors (Lipinski definition) is 4. The lowest BCUT2D eigenvalue weighted by molar-refractivity contribution is 0.387. The Morgan fingerprint density at radius 2 is 1.14 bits per heavy atom. The van der Waals surface area contributed by atoms with Crippen LogP contribution in [0, 0.1) is 0 Å². The van der Waals surface area contributed by atoms with Gasteiger partial charge in [0.2, 0.25) is 0 Å². The fraction of sp³-hybridized carbons (Fsp3) is 0. The second-order valence-corrected chi connectivity index (χ2v) is 5.09. The molecule has 0 aliphatic carbocycles. The predicted molar refractivity (Wildman–Crippen MR) is 86.4 cm³/mol. The van der Waals surface area contributed by atoms with Crippen molar-refractivity contribution in [2.24, 2.45) is 0 Å². The maximum atomic E-state index is 9.33. The van der Waals surface area contributed by atoms with E-state index in [1.165, 1.54) is 0 Å². The highest BCUT2D eigenvalue weighted by Gasteiger charge is 2.14. The predicted octanol–water partition coefficient (Wildman–Crippen LogP) is 3.92. The molecule has 0 aliphatic rings. The Morgan fingerprint density at radius 1 is 0.682 bits per heavy atom. The molecule has 6 nitrogen and oxygen atoms in total. The van der Waals surface area contributed by atoms with Crippen molar-refractivity contribution < 1.29 is 10.4 Å². The standard InChI is InChI=1S/C16H14N4O2/c21-19-15-13-9(7-17-15)3-1-5-11(13)12-6-2-4-10-8-18-16(20-22)14(10)12/h1-8,17-22H. The van der Waals surface area contributed by atoms with Crippen molar-refractivity contribution in [3.8, 4) is 11.1 Å². The minimum absolute atomic E-state index is 0.539. The fourth-order valence-electron chi connectivity index (χ4n) is 3.01. The molecule has 22 heavy (non-hydrogen) atoms. The summed E-state index contributed by atoms with van der Waals surface area (Å²) in [5.74, 6) is 1.08. The first-order valence-electron chi connectivity index (χ1n) is 6.84. The summed E-state index contributed by atoms with van der Waals surface area (Å²) in [6.45, 7) is 0. The van der Waals surface area contributed by atoms with E-state index in [1.807, 2.05) is 48.8 Å². The first-order chi connectivity index (χ1) is 10.8. The maximum absolute atomic E-state index is 9.33. The van der Waals surface area contributed by atoms with Crippen molar-refractivity contribution in [3.63, 3.8) is 0 Å². The molecule has 0 saturated carbocycles. The van der Waals surface area contributed by atoms with Crippen molar-refractivity contribution in [3.05, 3.63) is 48.8 Å². The average Bonchev–Trinajstić information content (AvgIpc) is 3.17. The number of nitrogens with one attached hydrogen (secondary N) is 4. The van der Waals surface area contributed by atoms with Crippen LogP contribution in [-0.4, -0.2) is 20.4 Å². The van der Waals surface area contributed by atoms with E-state index in [2.05, 4.69) is 20.9 Å². The molecule has 0 fully saturated rings. The van der Waals surface area contributed by atoms with Gasteiger partial charge in [0.25, 0.3) is 0 Å². The average molecular weight is 294 g/mol. The van der Waals surface area contributed by atoms with Gasteiger partial charge in [-0.2, -0.15) is 0 Å². The van der Waals surface area contributed by atoms with E-state index in [4.69, 9.17) is 0 Å². The van der Waals surface area contributed by atoms with Crippen LogP contribution in [0.4, 0.5) is 11.6 Å². The second-order valence-electron chi connectivity index (χ2n) is 5.09. The number of fused-ring (bicyclic) bond motifs is 2. The Balaban J connectivity index is 2.11. The number of aromatic nitrogens is 2. The molecule has 0 amide bonds. The molecule has 4 rings (SSSR count). The quantitative estimate of drug-likeness (QED) is 0.323. The molecule has 0 saturated heterocycles. The minimum Gasteiger partial charge on any atom is -0.346 e. The van der Waals surface area contributed by atoms with Crippen molar-refractivity contribution >= 4 is 33.2 Å². The van der Waals surface area contributed by atoms with Crippen molar-refractivity contribution in [1.82, 2.24) is 9.97 Å². The topological polar surface area (TPSA) is 96.1 Å². The molecular weight excluding hydrogens is 280 g/mol. The number of H-pyrrole nitrogens is 2. The molecular formula is C16H14N4O2. The third-order valence-electron chi connectivity index (χ3n) is 3.95. The van der Waals surface area contributed by atoms with Gasteiger partial charge in [-0.25, -0.2) is 0 Å². The molecule has 2 aromatic heterocycles. The summed E-state index contributed by atoms with van der Waals surface area (Å²) in [4.78, 5) is 6.02. The third kappa shape index (κ3) is 1.68. The number of hydrogen-bond donors (Lipinski definition) is 6. The van der Waals surface area contributed by atoms with Gasteiger partial charge in [-0.3, -0.25) is 21.4 Å². The SMILES string of the molecule is ONc1[nH]cc2cccc(-c3cccc4c[nH]c(NO)c34)c12. The van der Waals surface area contributed by atoms with Crippen molar-refractivity contribution in [2.45, 2.75) is 0 Å². The summed E-state index contributed by atoms with van der Waals surface area (Å²) in [5, 5.41) is 22.4. The summed E-state index contributed by atoms with van der Waals surface area (Å²) < 4.78 is 0. The van der Waals surface area contributed by atoms with E-state index in [9.17, 15) is 10.4 Å². The summed E-state index contributed by atoms with van der Waals surface area (Å²) in [6.07, 6.45) is 3.67. The first kappa shape index (κ1) is 12.8. The number of anilines is 2. The number of rotatable bonds is 3. The Morgan fingerprint density at radius 3 is 1.55 bits per heavy atom. The maximum Gasteiger partial charge on any atom is 0.135 e. The summed E-state index contributed by atoms with van der Waals surface area (Å²) in [5.41, 5.74) is 6.32. The fourth-order valence-corrected chi connectivity index (χ4v) is 3.01. The molecule has 4 aromatic rings. The zero-order chi connectivity index (χ0) is 15.1. The lowest BCUT2D eigenvalue weighted by Crippen LogP contribution is -1.92. The summed E-state index contributed by atoms with van der Waals surface area (Å²) in [7, 11) is 0. The Kier molecular flexibility index (Phi) is 2.78. The van der Waals surface area contributed by atoms with Crippen molar-refractivity contribution in [1.29, 1.82) is 0 Å². The van der Waals surface area contributed by atoms with Crippen LogP contribution >= 0.6 is 0 Å². The van der Waals surface area contributed by atoms with E-state index in [-0.39, 0.29) is 0 Å². The van der Waals surface area contributed by atoms with Gasteiger partial charge >= 0.3 is 0 Å². The van der Waals surface area contributed by atoms with E-state index in [0.717, 1.165) is 32.7 Å². The van der Waals surface area contributed by atoms with Gasteiger partial charge in [0.15, 0.2) is 0 Å². The van der Waals surface area contributed by atoms with Gasteiger partial charge in [0.1, 0.15) is 11.6 Å². The van der Waals surface area contributed by atoms with Crippen LogP contribution in [-0.2, 0) is 0 Å². The number of aromatic amines is 2.